The third-order valence-corrected chi connectivity index (χ3v) is 3.80. The molecule has 1 nitrogen and oxygen atoms in total. The standard InChI is InChI=1S/C14H11Br2F2N/c15-11-5-6-13(12(16)7-11)19-8-9-1-3-10(4-2-9)14(17)18/h1-7,14,19H,8H2. The van der Waals surface area contributed by atoms with Crippen LogP contribution in [0.4, 0.5) is 14.5 Å². The lowest BCUT2D eigenvalue weighted by Gasteiger charge is -2.09. The molecule has 100 valence electrons. The van der Waals surface area contributed by atoms with Gasteiger partial charge in [0.25, 0.3) is 6.43 Å². The van der Waals surface area contributed by atoms with Gasteiger partial charge in [-0.25, -0.2) is 8.78 Å². The molecular formula is C14H11Br2F2N. The van der Waals surface area contributed by atoms with Gasteiger partial charge < -0.3 is 5.32 Å². The second-order valence-corrected chi connectivity index (χ2v) is 5.79. The first-order valence-electron chi connectivity index (χ1n) is 5.62. The van der Waals surface area contributed by atoms with E-state index in [4.69, 9.17) is 0 Å². The summed E-state index contributed by atoms with van der Waals surface area (Å²) in [6.07, 6.45) is -2.41. The number of alkyl halides is 2. The first-order valence-corrected chi connectivity index (χ1v) is 7.21. The van der Waals surface area contributed by atoms with Crippen LogP contribution in [0.25, 0.3) is 0 Å². The summed E-state index contributed by atoms with van der Waals surface area (Å²) < 4.78 is 26.8. The molecule has 0 bridgehead atoms. The number of rotatable bonds is 4. The maximum atomic E-state index is 12.4. The van der Waals surface area contributed by atoms with Gasteiger partial charge in [-0.05, 0) is 39.7 Å². The Morgan fingerprint density at radius 3 is 2.26 bits per heavy atom. The van der Waals surface area contributed by atoms with Crippen molar-refractivity contribution in [3.63, 3.8) is 0 Å². The van der Waals surface area contributed by atoms with Crippen molar-refractivity contribution >= 4 is 37.5 Å². The van der Waals surface area contributed by atoms with Gasteiger partial charge in [-0.3, -0.25) is 0 Å². The summed E-state index contributed by atoms with van der Waals surface area (Å²) in [6, 6.07) is 12.2. The highest BCUT2D eigenvalue weighted by atomic mass is 79.9. The van der Waals surface area contributed by atoms with Crippen molar-refractivity contribution in [3.8, 4) is 0 Å². The largest absolute Gasteiger partial charge is 0.380 e. The van der Waals surface area contributed by atoms with Crippen LogP contribution in [0.15, 0.2) is 51.4 Å². The Balaban J connectivity index is 2.02. The number of benzene rings is 2. The number of hydrogen-bond acceptors (Lipinski definition) is 1. The Kier molecular flexibility index (Phi) is 4.93. The van der Waals surface area contributed by atoms with E-state index < -0.39 is 6.43 Å². The van der Waals surface area contributed by atoms with E-state index in [0.29, 0.717) is 6.54 Å². The van der Waals surface area contributed by atoms with Crippen molar-refractivity contribution in [1.82, 2.24) is 0 Å². The van der Waals surface area contributed by atoms with E-state index in [0.717, 1.165) is 20.2 Å². The van der Waals surface area contributed by atoms with E-state index in [2.05, 4.69) is 37.2 Å². The predicted molar refractivity (Wildman–Crippen MR) is 80.6 cm³/mol. The lowest BCUT2D eigenvalue weighted by molar-refractivity contribution is 0.151. The Morgan fingerprint density at radius 1 is 1.00 bits per heavy atom. The molecule has 2 aromatic rings. The smallest absolute Gasteiger partial charge is 0.263 e. The quantitative estimate of drug-likeness (QED) is 0.699. The maximum Gasteiger partial charge on any atom is 0.263 e. The fourth-order valence-corrected chi connectivity index (χ4v) is 2.80. The van der Waals surface area contributed by atoms with Crippen LogP contribution >= 0.6 is 31.9 Å². The molecule has 0 fully saturated rings. The maximum absolute atomic E-state index is 12.4. The van der Waals surface area contributed by atoms with Gasteiger partial charge in [0.2, 0.25) is 0 Å². The molecule has 0 unspecified atom stereocenters. The number of hydrogen-bond donors (Lipinski definition) is 1. The molecule has 19 heavy (non-hydrogen) atoms. The van der Waals surface area contributed by atoms with Gasteiger partial charge in [-0.1, -0.05) is 40.2 Å². The second-order valence-electron chi connectivity index (χ2n) is 4.02. The van der Waals surface area contributed by atoms with Crippen LogP contribution in [0, 0.1) is 0 Å². The summed E-state index contributed by atoms with van der Waals surface area (Å²) in [5, 5.41) is 3.25. The van der Waals surface area contributed by atoms with Crippen LogP contribution < -0.4 is 5.32 Å². The third kappa shape index (κ3) is 4.01. The zero-order chi connectivity index (χ0) is 13.8. The SMILES string of the molecule is FC(F)c1ccc(CNc2ccc(Br)cc2Br)cc1. The van der Waals surface area contributed by atoms with Crippen LogP contribution in [0.5, 0.6) is 0 Å². The van der Waals surface area contributed by atoms with Gasteiger partial charge in [0.15, 0.2) is 0 Å². The van der Waals surface area contributed by atoms with Crippen molar-refractivity contribution < 1.29 is 8.78 Å². The molecule has 0 spiro atoms. The summed E-state index contributed by atoms with van der Waals surface area (Å²) in [4.78, 5) is 0. The Hall–Kier alpha value is -0.940. The highest BCUT2D eigenvalue weighted by Gasteiger charge is 2.06. The monoisotopic (exact) mass is 389 g/mol. The lowest BCUT2D eigenvalue weighted by Crippen LogP contribution is -2.00. The Labute approximate surface area is 127 Å². The first-order chi connectivity index (χ1) is 9.06. The lowest BCUT2D eigenvalue weighted by atomic mass is 10.1. The second kappa shape index (κ2) is 6.48. The fourth-order valence-electron chi connectivity index (χ4n) is 1.61. The Morgan fingerprint density at radius 2 is 1.68 bits per heavy atom. The highest BCUT2D eigenvalue weighted by molar-refractivity contribution is 9.11. The number of anilines is 1. The summed E-state index contributed by atoms with van der Waals surface area (Å²) in [7, 11) is 0. The molecule has 0 saturated heterocycles. The minimum Gasteiger partial charge on any atom is -0.380 e. The molecule has 0 aliphatic heterocycles. The predicted octanol–water partition coefficient (Wildman–Crippen LogP) is 5.76. The Bertz CT molecular complexity index is 556. The van der Waals surface area contributed by atoms with Crippen LogP contribution in [0.1, 0.15) is 17.6 Å². The van der Waals surface area contributed by atoms with Crippen molar-refractivity contribution in [2.75, 3.05) is 5.32 Å². The van der Waals surface area contributed by atoms with Gasteiger partial charge in [0.05, 0.1) is 0 Å². The molecule has 5 heteroatoms. The topological polar surface area (TPSA) is 12.0 Å². The fraction of sp³-hybridized carbons (Fsp3) is 0.143. The summed E-state index contributed by atoms with van der Waals surface area (Å²) >= 11 is 6.84. The molecule has 2 rings (SSSR count). The molecule has 2 aromatic carbocycles. The minimum atomic E-state index is -2.41. The van der Waals surface area contributed by atoms with E-state index in [1.54, 1.807) is 12.1 Å². The molecule has 0 saturated carbocycles. The van der Waals surface area contributed by atoms with Gasteiger partial charge in [-0.15, -0.1) is 0 Å². The molecule has 0 radical (unpaired) electrons. The molecule has 0 heterocycles. The average molecular weight is 391 g/mol. The van der Waals surface area contributed by atoms with E-state index >= 15 is 0 Å². The third-order valence-electron chi connectivity index (χ3n) is 2.65. The first kappa shape index (κ1) is 14.5. The summed E-state index contributed by atoms with van der Waals surface area (Å²) in [6.45, 7) is 0.587. The normalized spacial score (nSPS) is 10.8. The van der Waals surface area contributed by atoms with Crippen LogP contribution in [0.2, 0.25) is 0 Å². The highest BCUT2D eigenvalue weighted by Crippen LogP contribution is 2.26. The van der Waals surface area contributed by atoms with E-state index in [9.17, 15) is 8.78 Å². The van der Waals surface area contributed by atoms with Crippen molar-refractivity contribution in [2.45, 2.75) is 13.0 Å². The van der Waals surface area contributed by atoms with Crippen molar-refractivity contribution in [1.29, 1.82) is 0 Å². The molecule has 0 aromatic heterocycles. The molecule has 0 aliphatic rings. The van der Waals surface area contributed by atoms with Crippen LogP contribution in [-0.4, -0.2) is 0 Å². The number of nitrogens with one attached hydrogen (secondary N) is 1. The molecular weight excluding hydrogens is 380 g/mol. The van der Waals surface area contributed by atoms with Gasteiger partial charge in [0.1, 0.15) is 0 Å². The molecule has 0 atom stereocenters. The number of halogens is 4. The van der Waals surface area contributed by atoms with Crippen molar-refractivity contribution in [2.24, 2.45) is 0 Å². The zero-order valence-corrected chi connectivity index (χ0v) is 13.0. The van der Waals surface area contributed by atoms with E-state index in [-0.39, 0.29) is 5.56 Å². The van der Waals surface area contributed by atoms with Gasteiger partial charge >= 0.3 is 0 Å². The van der Waals surface area contributed by atoms with E-state index in [1.165, 1.54) is 12.1 Å². The summed E-state index contributed by atoms with van der Waals surface area (Å²) in [5.41, 5.74) is 1.97. The summed E-state index contributed by atoms with van der Waals surface area (Å²) in [5.74, 6) is 0. The van der Waals surface area contributed by atoms with Crippen molar-refractivity contribution in [3.05, 3.63) is 62.5 Å². The van der Waals surface area contributed by atoms with Gasteiger partial charge in [-0.2, -0.15) is 0 Å². The molecule has 0 aliphatic carbocycles. The van der Waals surface area contributed by atoms with E-state index in [1.807, 2.05) is 18.2 Å². The minimum absolute atomic E-state index is 0.0496. The zero-order valence-electron chi connectivity index (χ0n) is 9.84. The van der Waals surface area contributed by atoms with Crippen LogP contribution in [0.3, 0.4) is 0 Å². The molecule has 0 amide bonds. The molecule has 1 N–H and O–H groups in total. The van der Waals surface area contributed by atoms with Crippen LogP contribution in [-0.2, 0) is 6.54 Å². The van der Waals surface area contributed by atoms with Gasteiger partial charge in [0, 0.05) is 26.7 Å². The average Bonchev–Trinajstić information content (AvgIpc) is 2.38.